The number of rotatable bonds is 12. The van der Waals surface area contributed by atoms with Crippen LogP contribution in [0.25, 0.3) is 0 Å². The van der Waals surface area contributed by atoms with Crippen molar-refractivity contribution in [1.29, 1.82) is 0 Å². The Balaban J connectivity index is 1.22. The molecule has 22 fully saturated rings. The van der Waals surface area contributed by atoms with Gasteiger partial charge < -0.3 is 164 Å². The first-order valence-electron chi connectivity index (χ1n) is 23.9. The summed E-state index contributed by atoms with van der Waals surface area (Å²) in [6, 6.07) is 0. The van der Waals surface area contributed by atoms with E-state index in [4.69, 9.17) is 61.6 Å². The Morgan fingerprint density at radius 1 is 0.284 bits per heavy atom. The van der Waals surface area contributed by atoms with E-state index in [0.717, 1.165) is 0 Å². The molecule has 22 aliphatic heterocycles. The van der Waals surface area contributed by atoms with Gasteiger partial charge in [0.25, 0.3) is 0 Å². The molecular formula is C41H70O33. The predicted octanol–water partition coefficient (Wildman–Crippen LogP) is -13.9. The van der Waals surface area contributed by atoms with Crippen LogP contribution in [0, 0.1) is 0 Å². The largest absolute Gasteiger partial charge is 0.396 e. The topological polar surface area (TPSA) is 525 Å². The van der Waals surface area contributed by atoms with Crippen LogP contribution in [0.4, 0.5) is 0 Å². The van der Waals surface area contributed by atoms with Gasteiger partial charge in [0.2, 0.25) is 0 Å². The van der Waals surface area contributed by atoms with Crippen molar-refractivity contribution in [2.45, 2.75) is 203 Å². The lowest BCUT2D eigenvalue weighted by molar-refractivity contribution is -0.405. The smallest absolute Gasteiger partial charge is 0.187 e. The molecule has 2 unspecified atom stereocenters. The number of aliphatic hydroxyl groups excluding tert-OH is 20. The van der Waals surface area contributed by atoms with Crippen LogP contribution >= 0.6 is 0 Å². The fourth-order valence-corrected chi connectivity index (χ4v) is 9.75. The third-order valence-electron chi connectivity index (χ3n) is 14.0. The summed E-state index contributed by atoms with van der Waals surface area (Å²) in [6.07, 6.45) is -63.3. The van der Waals surface area contributed by atoms with E-state index in [1.165, 1.54) is 0 Å². The minimum Gasteiger partial charge on any atom is -0.396 e. The molecule has 22 heterocycles. The molecule has 12 bridgehead atoms. The normalized spacial score (nSPS) is 51.6. The minimum absolute atomic E-state index is 0.344. The highest BCUT2D eigenvalue weighted by atomic mass is 16.8. The number of ether oxygens (including phenoxy) is 13. The van der Waals surface area contributed by atoms with Gasteiger partial charge in [-0.25, -0.2) is 0 Å². The van der Waals surface area contributed by atoms with Crippen LogP contribution in [0.3, 0.4) is 0 Å². The summed E-state index contributed by atoms with van der Waals surface area (Å²) >= 11 is 0. The molecule has 0 amide bonds. The van der Waals surface area contributed by atoms with Crippen molar-refractivity contribution < 1.29 is 164 Å². The quantitative estimate of drug-likeness (QED) is 0.0863. The zero-order valence-corrected chi connectivity index (χ0v) is 39.1. The summed E-state index contributed by atoms with van der Waals surface area (Å²) in [6.45, 7) is -7.65. The van der Waals surface area contributed by atoms with Gasteiger partial charge in [-0.2, -0.15) is 0 Å². The van der Waals surface area contributed by atoms with E-state index in [0.29, 0.717) is 0 Å². The maximum atomic E-state index is 11.8. The summed E-state index contributed by atoms with van der Waals surface area (Å²) in [5, 5.41) is 218. The van der Waals surface area contributed by atoms with Crippen molar-refractivity contribution in [1.82, 2.24) is 0 Å². The van der Waals surface area contributed by atoms with Gasteiger partial charge in [0, 0.05) is 6.61 Å². The van der Waals surface area contributed by atoms with Crippen LogP contribution in [0.2, 0.25) is 0 Å². The summed E-state index contributed by atoms with van der Waals surface area (Å²) in [5.74, 6) is 0. The van der Waals surface area contributed by atoms with E-state index in [1.54, 1.807) is 0 Å². The molecule has 33 nitrogen and oxygen atoms in total. The highest BCUT2D eigenvalue weighted by molar-refractivity contribution is 5.01. The van der Waals surface area contributed by atoms with Crippen LogP contribution in [0.1, 0.15) is 6.42 Å². The standard InChI is InChI=1S/C41H70O33/c42-2-1-10(49)11(50)9-62-35-28(61)41-68-17(8-48)34(35)74-40-27(60)22(55)32(15(6-46)67-40)72-38-25(58)20(53)30(13(4-44)65-38)70-36-23(56)18(51)29(12(3-43)63-36)69-37-24(57)19(52)31(14(5-45)64-37)71-39-26(59)21(54)33(73-41)16(7-47)66-39/h10-61H,1-9H2/t10?,11?,12-,13-,14-,15-,16-,17-,18-,19-,20-,21-,22-,23-,24-,25-,26-,27-,28-,29-,30-,31-,32-,33-,34+,35-,36-,37-,38-,39-,40-,41-/m1/s1. The Morgan fingerprint density at radius 3 is 0.757 bits per heavy atom. The molecule has 0 radical (unpaired) electrons. The average Bonchev–Trinajstić information content (AvgIpc) is 3.39. The lowest BCUT2D eigenvalue weighted by atomic mass is 9.94. The molecule has 432 valence electrons. The second-order valence-corrected chi connectivity index (χ2v) is 18.8. The van der Waals surface area contributed by atoms with Crippen LogP contribution in [-0.2, 0) is 61.6 Å². The first-order chi connectivity index (χ1) is 35.3. The van der Waals surface area contributed by atoms with Gasteiger partial charge in [-0.3, -0.25) is 0 Å². The summed E-state index contributed by atoms with van der Waals surface area (Å²) in [5.41, 5.74) is 0. The lowest BCUT2D eigenvalue weighted by Gasteiger charge is -2.51. The molecular weight excluding hydrogens is 1020 g/mol. The van der Waals surface area contributed by atoms with Gasteiger partial charge in [-0.1, -0.05) is 0 Å². The van der Waals surface area contributed by atoms with Crippen molar-refractivity contribution in [2.75, 3.05) is 52.9 Å². The van der Waals surface area contributed by atoms with Crippen molar-refractivity contribution in [3.63, 3.8) is 0 Å². The fourth-order valence-electron chi connectivity index (χ4n) is 9.75. The fraction of sp³-hybridized carbons (Fsp3) is 1.00. The van der Waals surface area contributed by atoms with Crippen molar-refractivity contribution in [3.8, 4) is 0 Å². The van der Waals surface area contributed by atoms with E-state index in [2.05, 4.69) is 0 Å². The van der Waals surface area contributed by atoms with Crippen LogP contribution in [-0.4, -0.2) is 351 Å². The lowest BCUT2D eigenvalue weighted by Crippen LogP contribution is -2.69. The van der Waals surface area contributed by atoms with Crippen molar-refractivity contribution in [2.24, 2.45) is 0 Å². The third-order valence-corrected chi connectivity index (χ3v) is 14.0. The molecule has 0 aliphatic carbocycles. The highest BCUT2D eigenvalue weighted by Crippen LogP contribution is 2.38. The Labute approximate surface area is 419 Å². The SMILES string of the molecule is OCCC(O)C(O)CO[C@@H]1[C@@H](O)[C@H]2O[C@H]3[C@H](O)[C@@H](O)[C@@H](O[C@H]4[C@H](O)[C@@H](O)[C@@H](O[C@H]5[C@H](O)[C@@H](O)[C@@H](O[C@H]6[C@H](O)[C@@H](O)[C@@H](O[C@H]7[C@H](O)[C@@H](O)[C@@H](O[C@H]1[C@@H](CO)O2)O[C@@H]7CO)O[C@@H]6CO)O[C@@H]5CO)O[C@@H]4CO)O[C@@H]3CO. The number of hydrogen-bond acceptors (Lipinski definition) is 33. The molecule has 0 aromatic carbocycles. The van der Waals surface area contributed by atoms with Gasteiger partial charge in [0.05, 0.1) is 52.4 Å². The summed E-state index contributed by atoms with van der Waals surface area (Å²) in [4.78, 5) is 0. The van der Waals surface area contributed by atoms with Gasteiger partial charge in [0.1, 0.15) is 153 Å². The molecule has 33 heteroatoms. The van der Waals surface area contributed by atoms with E-state index >= 15 is 0 Å². The second kappa shape index (κ2) is 26.3. The van der Waals surface area contributed by atoms with E-state index in [1.807, 2.05) is 0 Å². The molecule has 0 saturated carbocycles. The maximum absolute atomic E-state index is 11.8. The van der Waals surface area contributed by atoms with Gasteiger partial charge in [-0.05, 0) is 6.42 Å². The molecule has 74 heavy (non-hydrogen) atoms. The third kappa shape index (κ3) is 12.4. The summed E-state index contributed by atoms with van der Waals surface area (Å²) < 4.78 is 74.8. The zero-order valence-electron chi connectivity index (χ0n) is 39.1. The number of hydrogen-bond donors (Lipinski definition) is 20. The Kier molecular flexibility index (Phi) is 21.4. The molecule has 0 aromatic rings. The predicted molar refractivity (Wildman–Crippen MR) is 223 cm³/mol. The van der Waals surface area contributed by atoms with Crippen LogP contribution in [0.15, 0.2) is 0 Å². The minimum atomic E-state index is -2.22. The van der Waals surface area contributed by atoms with Crippen molar-refractivity contribution in [3.05, 3.63) is 0 Å². The van der Waals surface area contributed by atoms with Gasteiger partial charge in [-0.15, -0.1) is 0 Å². The Hall–Kier alpha value is -1.32. The molecule has 0 spiro atoms. The van der Waals surface area contributed by atoms with E-state index in [-0.39, 0.29) is 6.42 Å². The highest BCUT2D eigenvalue weighted by Gasteiger charge is 2.59. The summed E-state index contributed by atoms with van der Waals surface area (Å²) in [7, 11) is 0. The van der Waals surface area contributed by atoms with Crippen LogP contribution in [0.5, 0.6) is 0 Å². The first-order valence-corrected chi connectivity index (χ1v) is 23.9. The Morgan fingerprint density at radius 2 is 0.514 bits per heavy atom. The maximum Gasteiger partial charge on any atom is 0.187 e. The van der Waals surface area contributed by atoms with Crippen molar-refractivity contribution >= 4 is 0 Å². The molecule has 22 rings (SSSR count). The van der Waals surface area contributed by atoms with Crippen LogP contribution < -0.4 is 0 Å². The Bertz CT molecular complexity index is 1680. The van der Waals surface area contributed by atoms with Gasteiger partial charge >= 0.3 is 0 Å². The molecule has 20 N–H and O–H groups in total. The second-order valence-electron chi connectivity index (χ2n) is 18.8. The van der Waals surface area contributed by atoms with E-state index < -0.39 is 249 Å². The molecule has 22 aliphatic rings. The van der Waals surface area contributed by atoms with Gasteiger partial charge in [0.15, 0.2) is 37.7 Å². The zero-order chi connectivity index (χ0) is 54.0. The molecule has 0 aromatic heterocycles. The molecule has 22 saturated heterocycles. The molecule has 32 atom stereocenters. The number of aliphatic hydroxyl groups is 20. The monoisotopic (exact) mass is 1090 g/mol. The average molecular weight is 1090 g/mol. The van der Waals surface area contributed by atoms with E-state index in [9.17, 15) is 102 Å². The first kappa shape index (κ1) is 60.3.